The molecule has 0 spiro atoms. The number of piperidine rings is 4. The van der Waals surface area contributed by atoms with Crippen LogP contribution in [-0.4, -0.2) is 162 Å². The van der Waals surface area contributed by atoms with E-state index in [-0.39, 0.29) is 109 Å². The zero-order valence-corrected chi connectivity index (χ0v) is 70.7. The van der Waals surface area contributed by atoms with Crippen molar-refractivity contribution in [3.05, 3.63) is 270 Å². The molecule has 8 aromatic rings. The van der Waals surface area contributed by atoms with Crippen molar-refractivity contribution in [3.63, 3.8) is 0 Å². The first kappa shape index (κ1) is 101. The number of fused-ring (bicyclic) bond motifs is 2. The van der Waals surface area contributed by atoms with E-state index >= 15 is 8.78 Å². The second-order valence-electron chi connectivity index (χ2n) is 31.6. The average Bonchev–Trinajstić information content (AvgIpc) is 1.44. The van der Waals surface area contributed by atoms with Crippen LogP contribution in [0.4, 0.5) is 115 Å². The minimum Gasteiger partial charge on any atom is -0.393 e. The Hall–Kier alpha value is -11.3. The van der Waals surface area contributed by atoms with Gasteiger partial charge in [-0.05, 0) is 203 Å². The lowest BCUT2D eigenvalue weighted by molar-refractivity contribution is -0.167. The quantitative estimate of drug-likeness (QED) is 0.0278. The topological polar surface area (TPSA) is 261 Å². The van der Waals surface area contributed by atoms with E-state index < -0.39 is 221 Å². The first-order chi connectivity index (χ1) is 60.6. The van der Waals surface area contributed by atoms with Gasteiger partial charge in [0, 0.05) is 114 Å². The molecule has 5 atom stereocenters. The lowest BCUT2D eigenvalue weighted by atomic mass is 9.88. The largest absolute Gasteiger partial charge is 0.393 e. The summed E-state index contributed by atoms with van der Waals surface area (Å²) in [6.07, 6.45) is 0.805. The van der Waals surface area contributed by atoms with E-state index in [2.05, 4.69) is 38.5 Å². The molecule has 5 fully saturated rings. The van der Waals surface area contributed by atoms with Gasteiger partial charge in [0.15, 0.2) is 40.6 Å². The van der Waals surface area contributed by atoms with Gasteiger partial charge in [0.25, 0.3) is 41.4 Å². The number of benzene rings is 8. The molecule has 2 bridgehead atoms. The summed E-state index contributed by atoms with van der Waals surface area (Å²) in [6.45, 7) is 6.37. The Morgan fingerprint density at radius 3 is 1.05 bits per heavy atom. The lowest BCUT2D eigenvalue weighted by Crippen LogP contribution is -2.56. The second-order valence-corrected chi connectivity index (χ2v) is 32.8. The number of hydrogen-bond donors (Lipinski definition) is 8. The van der Waals surface area contributed by atoms with E-state index in [0.29, 0.717) is 116 Å². The number of anilines is 4. The predicted octanol–water partition coefficient (Wildman–Crippen LogP) is 18.6. The van der Waals surface area contributed by atoms with Gasteiger partial charge in [0.05, 0.1) is 67.4 Å². The fraction of sp³-hybridized carbons (Fsp3) is 0.352. The molecule has 3 unspecified atom stereocenters. The number of aliphatic hydroxyl groups excluding tert-OH is 2. The second kappa shape index (κ2) is 40.2. The van der Waals surface area contributed by atoms with Gasteiger partial charge in [-0.1, -0.05) is 32.0 Å². The summed E-state index contributed by atoms with van der Waals surface area (Å²) in [6, 6.07) is 16.7. The maximum Gasteiger partial charge on any atom is 0.352 e. The Morgan fingerprint density at radius 2 is 0.731 bits per heavy atom. The SMILES string of the molecule is C=C(N1[C@@H]2CC[C@H]1CC(O)C2)C(F)(F)c1cc(C(=O)Nc2cc(F)c(F)c(F)c2)ccc1F.CC1(F)CN(C(=O)C(F)(F)c2cc(C(=O)Nc3ccc(F)c(Br)c3)ccc2F)CCC1O.CCC1(O)CCN(C(=O)C(F)(F)c2cc(C(=O)Nc3cc(F)c(F)c(F)c3)ccc2F)CC1.CCC1(O)CCN(C(=O)C(F)(F)c2cc(C(=O)Nc3ccc(F)c(Cl)c3)ccc2F)CC1. The molecule has 8 aromatic carbocycles. The van der Waals surface area contributed by atoms with E-state index in [1.54, 1.807) is 13.8 Å². The number of hydrogen-bond acceptors (Lipinski definition) is 12. The van der Waals surface area contributed by atoms with E-state index in [9.17, 15) is 137 Å². The highest BCUT2D eigenvalue weighted by molar-refractivity contribution is 9.10. The molecule has 5 aliphatic rings. The van der Waals surface area contributed by atoms with Crippen molar-refractivity contribution in [2.75, 3.05) is 60.5 Å². The van der Waals surface area contributed by atoms with E-state index in [4.69, 9.17) is 11.6 Å². The number of nitrogens with one attached hydrogen (secondary N) is 4. The van der Waals surface area contributed by atoms with Gasteiger partial charge >= 0.3 is 23.7 Å². The minimum atomic E-state index is -4.39. The van der Waals surface area contributed by atoms with Crippen LogP contribution >= 0.6 is 27.5 Å². The highest BCUT2D eigenvalue weighted by Crippen LogP contribution is 2.48. The number of alkyl halides is 9. The van der Waals surface area contributed by atoms with Crippen LogP contribution in [0.1, 0.15) is 155 Å². The van der Waals surface area contributed by atoms with Gasteiger partial charge in [0.2, 0.25) is 0 Å². The normalized spacial score (nSPS) is 18.9. The third kappa shape index (κ3) is 22.8. The molecule has 5 aliphatic heterocycles. The summed E-state index contributed by atoms with van der Waals surface area (Å²) in [5, 5.41) is 48.5. The van der Waals surface area contributed by atoms with Crippen molar-refractivity contribution in [2.45, 2.75) is 156 Å². The number of nitrogens with zero attached hydrogens (tertiary/aromatic N) is 4. The van der Waals surface area contributed by atoms with Crippen molar-refractivity contribution in [1.82, 2.24) is 19.6 Å². The Kier molecular flexibility index (Phi) is 31.2. The maximum absolute atomic E-state index is 15.4. The Labute approximate surface area is 740 Å². The average molecular weight is 1940 g/mol. The Morgan fingerprint density at radius 1 is 0.423 bits per heavy atom. The molecule has 130 heavy (non-hydrogen) atoms. The summed E-state index contributed by atoms with van der Waals surface area (Å²) < 4.78 is 298. The number of amides is 7. The molecular weight excluding hydrogens is 1860 g/mol. The fourth-order valence-corrected chi connectivity index (χ4v) is 15.5. The number of halogens is 23. The van der Waals surface area contributed by atoms with Crippen molar-refractivity contribution in [1.29, 1.82) is 0 Å². The number of carbonyl (C=O) groups is 7. The highest BCUT2D eigenvalue weighted by atomic mass is 79.9. The first-order valence-electron chi connectivity index (χ1n) is 39.7. The predicted molar refractivity (Wildman–Crippen MR) is 433 cm³/mol. The van der Waals surface area contributed by atoms with Crippen LogP contribution in [0.2, 0.25) is 5.02 Å². The lowest BCUT2D eigenvalue weighted by Gasteiger charge is -2.42. The third-order valence-electron chi connectivity index (χ3n) is 22.7. The van der Waals surface area contributed by atoms with Gasteiger partial charge in [-0.2, -0.15) is 35.1 Å². The Balaban J connectivity index is 0.000000180. The number of rotatable bonds is 19. The van der Waals surface area contributed by atoms with E-state index in [1.807, 2.05) is 5.32 Å². The summed E-state index contributed by atoms with van der Waals surface area (Å²) in [5.74, 6) is -42.4. The van der Waals surface area contributed by atoms with Crippen LogP contribution in [-0.2, 0) is 38.1 Å². The number of carbonyl (C=O) groups excluding carboxylic acids is 7. The van der Waals surface area contributed by atoms with Gasteiger partial charge < -0.3 is 61.3 Å². The molecule has 0 aliphatic carbocycles. The number of aliphatic hydroxyl groups is 4. The summed E-state index contributed by atoms with van der Waals surface area (Å²) in [4.78, 5) is 90.7. The van der Waals surface area contributed by atoms with Crippen LogP contribution in [0, 0.1) is 69.8 Å². The highest BCUT2D eigenvalue weighted by Gasteiger charge is 2.54. The zero-order chi connectivity index (χ0) is 96.2. The minimum absolute atomic E-state index is 0.0544. The number of likely N-dealkylation sites (tertiary alicyclic amines) is 3. The molecule has 5 saturated heterocycles. The summed E-state index contributed by atoms with van der Waals surface area (Å²) in [5.41, 5.74) is -12.3. The van der Waals surface area contributed by atoms with Crippen LogP contribution in [0.3, 0.4) is 0 Å². The van der Waals surface area contributed by atoms with Gasteiger partial charge in [-0.3, -0.25) is 33.6 Å². The van der Waals surface area contributed by atoms with Crippen LogP contribution in [0.5, 0.6) is 0 Å². The first-order valence-corrected chi connectivity index (χ1v) is 40.8. The van der Waals surface area contributed by atoms with E-state index in [0.717, 1.165) is 59.2 Å². The molecule has 0 radical (unpaired) electrons. The Bertz CT molecular complexity index is 5610. The van der Waals surface area contributed by atoms with Crippen LogP contribution in [0.15, 0.2) is 150 Å². The van der Waals surface area contributed by atoms with Crippen molar-refractivity contribution in [3.8, 4) is 0 Å². The molecule has 13 rings (SSSR count). The molecule has 0 saturated carbocycles. The smallest absolute Gasteiger partial charge is 0.352 e. The molecule has 7 amide bonds. The number of allylic oxidation sites excluding steroid dienone is 1. The van der Waals surface area contributed by atoms with Crippen LogP contribution < -0.4 is 21.3 Å². The molecule has 42 heteroatoms. The van der Waals surface area contributed by atoms with Gasteiger partial charge in [-0.15, -0.1) is 0 Å². The molecule has 0 aromatic heterocycles. The maximum atomic E-state index is 15.4. The van der Waals surface area contributed by atoms with Crippen LogP contribution in [0.25, 0.3) is 0 Å². The molecule has 698 valence electrons. The van der Waals surface area contributed by atoms with Gasteiger partial charge in [0.1, 0.15) is 34.9 Å². The standard InChI is InChI=1S/C23H20F6N2O2.C22H21ClF4N2O3.C22H20F6N2O3.C21H18BrF5N2O3/c1-11(31-14-3-4-15(31)10-16(32)9-14)23(28,29)17-6-12(2-5-18(17)24)22(33)30-13-7-19(25)21(27)20(26)8-13;1-2-21(32)7-9-29(10-8-21)20(31)22(26,27)15-11-13(3-5-17(15)24)19(30)28-14-4-6-18(25)16(23)12-14;1-2-21(33)5-7-30(8-6-21)20(32)22(27,28)14-9-12(3-4-15(14)23)19(31)29-13-10-16(24)18(26)17(25)11-13;1-20(25)10-29(7-6-17(20)30)19(32)21(26,27)13-8-11(2-4-15(13)23)18(31)28-12-3-5-16(24)14(22)9-12/h2,5-8,14-16,32H,1,3-4,9-10H2,(H,30,33);3-6,11-12,32H,2,7-10H2,1H3,(H,28,30);3-4,9-11,33H,2,5-8H2,1H3,(H,29,31);2-5,8-9,17,30H,6-7,10H2,1H3,(H,28,31)/t14-,15+,16?;;;. The summed E-state index contributed by atoms with van der Waals surface area (Å²) >= 11 is 8.60. The molecular formula is C88H79BrClF21N8O11. The molecule has 8 N–H and O–H groups in total. The van der Waals surface area contributed by atoms with Crippen molar-refractivity contribution < 1.29 is 146 Å². The molecule has 5 heterocycles. The monoisotopic (exact) mass is 1940 g/mol. The van der Waals surface area contributed by atoms with Gasteiger partial charge in [-0.25, -0.2) is 57.1 Å². The van der Waals surface area contributed by atoms with Crippen molar-refractivity contribution >= 4 is 91.6 Å². The van der Waals surface area contributed by atoms with E-state index in [1.165, 1.54) is 23.1 Å². The zero-order valence-electron chi connectivity index (χ0n) is 68.4. The fourth-order valence-electron chi connectivity index (χ4n) is 15.0. The third-order valence-corrected chi connectivity index (χ3v) is 23.6. The molecule has 19 nitrogen and oxygen atoms in total. The van der Waals surface area contributed by atoms with Crippen molar-refractivity contribution in [2.24, 2.45) is 0 Å². The summed E-state index contributed by atoms with van der Waals surface area (Å²) in [7, 11) is 0.